The fourth-order valence-corrected chi connectivity index (χ4v) is 10.0. The van der Waals surface area contributed by atoms with Gasteiger partial charge in [0.2, 0.25) is 0 Å². The monoisotopic (exact) mass is 852 g/mol. The molecule has 11 aromatic carbocycles. The first kappa shape index (κ1) is 38.5. The third kappa shape index (κ3) is 6.65. The standard InChI is InChI=1S/C63H40N4/c1-3-16-41(17-4-1)43-30-34-46(35-31-43)61-64-62(47-36-32-44(33-37-47)42-18-5-2-6-19-42)66-63(65-61)56-40-59(60(54-27-12-11-25-51(54)56)53-28-15-23-45-20-9-10-24-50(45)53)67-57-29-14-13-26-52(57)55-38-48-21-7-8-22-49(48)39-58(55)67/h1-40H. The summed E-state index contributed by atoms with van der Waals surface area (Å²) in [5.41, 5.74) is 13.0. The highest BCUT2D eigenvalue weighted by Crippen LogP contribution is 2.46. The molecule has 312 valence electrons. The third-order valence-corrected chi connectivity index (χ3v) is 13.2. The van der Waals surface area contributed by atoms with Crippen molar-refractivity contribution < 1.29 is 0 Å². The Morgan fingerprint density at radius 2 is 0.716 bits per heavy atom. The van der Waals surface area contributed by atoms with Crippen LogP contribution in [0, 0.1) is 0 Å². The van der Waals surface area contributed by atoms with Gasteiger partial charge in [0.1, 0.15) is 0 Å². The fourth-order valence-electron chi connectivity index (χ4n) is 10.0. The Kier molecular flexibility index (Phi) is 9.14. The maximum Gasteiger partial charge on any atom is 0.164 e. The molecule has 0 aliphatic heterocycles. The smallest absolute Gasteiger partial charge is 0.164 e. The van der Waals surface area contributed by atoms with Gasteiger partial charge in [-0.3, -0.25) is 0 Å². The van der Waals surface area contributed by atoms with E-state index in [-0.39, 0.29) is 0 Å². The first-order valence-electron chi connectivity index (χ1n) is 22.8. The lowest BCUT2D eigenvalue weighted by Crippen LogP contribution is -2.04. The number of aromatic nitrogens is 4. The van der Waals surface area contributed by atoms with E-state index >= 15 is 0 Å². The maximum atomic E-state index is 5.43. The van der Waals surface area contributed by atoms with Gasteiger partial charge in [-0.2, -0.15) is 0 Å². The van der Waals surface area contributed by atoms with E-state index in [9.17, 15) is 0 Å². The second kappa shape index (κ2) is 15.9. The summed E-state index contributed by atoms with van der Waals surface area (Å²) in [5, 5.41) is 9.36. The van der Waals surface area contributed by atoms with Crippen LogP contribution in [0.2, 0.25) is 0 Å². The molecule has 2 aromatic heterocycles. The Hall–Kier alpha value is -8.99. The van der Waals surface area contributed by atoms with Crippen molar-refractivity contribution in [1.82, 2.24) is 19.5 Å². The molecule has 0 aliphatic rings. The van der Waals surface area contributed by atoms with Crippen molar-refractivity contribution in [2.45, 2.75) is 0 Å². The Bertz CT molecular complexity index is 3900. The van der Waals surface area contributed by atoms with Gasteiger partial charge in [0.25, 0.3) is 0 Å². The highest BCUT2D eigenvalue weighted by atomic mass is 15.0. The average Bonchev–Trinajstić information content (AvgIpc) is 3.72. The molecule has 13 rings (SSSR count). The Morgan fingerprint density at radius 1 is 0.254 bits per heavy atom. The van der Waals surface area contributed by atoms with Crippen LogP contribution < -0.4 is 0 Å². The Balaban J connectivity index is 1.11. The zero-order valence-corrected chi connectivity index (χ0v) is 36.4. The summed E-state index contributed by atoms with van der Waals surface area (Å²) in [6, 6.07) is 86.6. The van der Waals surface area contributed by atoms with Gasteiger partial charge in [0.05, 0.1) is 16.7 Å². The zero-order chi connectivity index (χ0) is 44.3. The lowest BCUT2D eigenvalue weighted by Gasteiger charge is -2.21. The van der Waals surface area contributed by atoms with Gasteiger partial charge in [0.15, 0.2) is 17.5 Å². The van der Waals surface area contributed by atoms with Crippen LogP contribution in [0.1, 0.15) is 0 Å². The van der Waals surface area contributed by atoms with E-state index in [4.69, 9.17) is 15.0 Å². The van der Waals surface area contributed by atoms with Crippen molar-refractivity contribution in [1.29, 1.82) is 0 Å². The summed E-state index contributed by atoms with van der Waals surface area (Å²) in [4.78, 5) is 16.1. The Morgan fingerprint density at radius 3 is 1.36 bits per heavy atom. The van der Waals surface area contributed by atoms with Crippen molar-refractivity contribution in [2.75, 3.05) is 0 Å². The van der Waals surface area contributed by atoms with Crippen LogP contribution >= 0.6 is 0 Å². The second-order valence-corrected chi connectivity index (χ2v) is 17.2. The summed E-state index contributed by atoms with van der Waals surface area (Å²) < 4.78 is 2.47. The van der Waals surface area contributed by atoms with E-state index in [2.05, 4.69) is 235 Å². The predicted octanol–water partition coefficient (Wildman–Crippen LogP) is 16.4. The van der Waals surface area contributed by atoms with Crippen LogP contribution in [0.5, 0.6) is 0 Å². The predicted molar refractivity (Wildman–Crippen MR) is 279 cm³/mol. The zero-order valence-electron chi connectivity index (χ0n) is 36.4. The van der Waals surface area contributed by atoms with E-state index in [0.29, 0.717) is 17.5 Å². The van der Waals surface area contributed by atoms with Crippen LogP contribution in [0.4, 0.5) is 0 Å². The number of hydrogen-bond donors (Lipinski definition) is 0. The highest BCUT2D eigenvalue weighted by molar-refractivity contribution is 6.17. The molecule has 0 saturated heterocycles. The van der Waals surface area contributed by atoms with E-state index in [1.54, 1.807) is 0 Å². The molecule has 0 saturated carbocycles. The van der Waals surface area contributed by atoms with Crippen LogP contribution in [0.15, 0.2) is 243 Å². The second-order valence-electron chi connectivity index (χ2n) is 17.2. The molecule has 0 amide bonds. The highest BCUT2D eigenvalue weighted by Gasteiger charge is 2.24. The number of fused-ring (bicyclic) bond motifs is 6. The average molecular weight is 853 g/mol. The summed E-state index contributed by atoms with van der Waals surface area (Å²) in [6.45, 7) is 0. The summed E-state index contributed by atoms with van der Waals surface area (Å²) in [7, 11) is 0. The van der Waals surface area contributed by atoms with Crippen LogP contribution in [0.25, 0.3) is 127 Å². The molecule has 0 atom stereocenters. The van der Waals surface area contributed by atoms with E-state index < -0.39 is 0 Å². The van der Waals surface area contributed by atoms with Gasteiger partial charge < -0.3 is 4.57 Å². The van der Waals surface area contributed by atoms with Crippen molar-refractivity contribution in [3.63, 3.8) is 0 Å². The molecule has 0 unspecified atom stereocenters. The summed E-state index contributed by atoms with van der Waals surface area (Å²) in [5.74, 6) is 1.82. The number of rotatable bonds is 7. The lowest BCUT2D eigenvalue weighted by atomic mass is 9.90. The van der Waals surface area contributed by atoms with Gasteiger partial charge in [-0.25, -0.2) is 15.0 Å². The van der Waals surface area contributed by atoms with E-state index in [0.717, 1.165) is 77.6 Å². The van der Waals surface area contributed by atoms with Gasteiger partial charge in [-0.1, -0.05) is 218 Å². The van der Waals surface area contributed by atoms with Gasteiger partial charge >= 0.3 is 0 Å². The number of hydrogen-bond acceptors (Lipinski definition) is 3. The molecule has 0 aliphatic carbocycles. The number of para-hydroxylation sites is 1. The minimum atomic E-state index is 0.604. The van der Waals surface area contributed by atoms with E-state index in [1.807, 2.05) is 12.1 Å². The SMILES string of the molecule is c1ccc(-c2ccc(-c3nc(-c4ccc(-c5ccccc5)cc4)nc(-c4cc(-n5c6ccccc6c6cc7ccccc7cc65)c(-c5cccc6ccccc56)c5ccccc45)n3)cc2)cc1. The van der Waals surface area contributed by atoms with Gasteiger partial charge in [-0.15, -0.1) is 0 Å². The van der Waals surface area contributed by atoms with E-state index in [1.165, 1.54) is 32.3 Å². The number of benzene rings is 11. The van der Waals surface area contributed by atoms with Crippen molar-refractivity contribution in [2.24, 2.45) is 0 Å². The molecule has 0 bridgehead atoms. The van der Waals surface area contributed by atoms with Crippen molar-refractivity contribution in [3.05, 3.63) is 243 Å². The molecule has 4 nitrogen and oxygen atoms in total. The molecule has 0 fully saturated rings. The van der Waals surface area contributed by atoms with Crippen molar-refractivity contribution >= 4 is 54.1 Å². The minimum Gasteiger partial charge on any atom is -0.309 e. The number of nitrogens with zero attached hydrogens (tertiary/aromatic N) is 4. The molecule has 0 N–H and O–H groups in total. The largest absolute Gasteiger partial charge is 0.309 e. The molecular formula is C63H40N4. The van der Waals surface area contributed by atoms with Gasteiger partial charge in [0, 0.05) is 33.0 Å². The fraction of sp³-hybridized carbons (Fsp3) is 0. The van der Waals surface area contributed by atoms with Crippen LogP contribution in [0.3, 0.4) is 0 Å². The minimum absolute atomic E-state index is 0.604. The molecule has 2 heterocycles. The molecule has 0 radical (unpaired) electrons. The molecule has 13 aromatic rings. The first-order valence-corrected chi connectivity index (χ1v) is 22.8. The molecule has 4 heteroatoms. The molecule has 0 spiro atoms. The summed E-state index contributed by atoms with van der Waals surface area (Å²) in [6.07, 6.45) is 0. The molecule has 67 heavy (non-hydrogen) atoms. The normalized spacial score (nSPS) is 11.6. The lowest BCUT2D eigenvalue weighted by molar-refractivity contribution is 1.07. The quantitative estimate of drug-likeness (QED) is 0.160. The Labute approximate surface area is 387 Å². The topological polar surface area (TPSA) is 43.6 Å². The van der Waals surface area contributed by atoms with Gasteiger partial charge in [-0.05, 0) is 84.4 Å². The summed E-state index contributed by atoms with van der Waals surface area (Å²) >= 11 is 0. The van der Waals surface area contributed by atoms with Crippen LogP contribution in [-0.2, 0) is 0 Å². The van der Waals surface area contributed by atoms with Crippen LogP contribution in [-0.4, -0.2) is 19.5 Å². The maximum absolute atomic E-state index is 5.43. The van der Waals surface area contributed by atoms with Crippen molar-refractivity contribution in [3.8, 4) is 73.2 Å². The third-order valence-electron chi connectivity index (χ3n) is 13.2. The molecular weight excluding hydrogens is 813 g/mol. The first-order chi connectivity index (χ1) is 33.2.